The maximum absolute atomic E-state index is 12.3. The van der Waals surface area contributed by atoms with Crippen molar-refractivity contribution >= 4 is 5.69 Å². The van der Waals surface area contributed by atoms with E-state index in [-0.39, 0.29) is 11.2 Å². The summed E-state index contributed by atoms with van der Waals surface area (Å²) in [5.74, 6) is 1.02. The number of rotatable bonds is 3. The highest BCUT2D eigenvalue weighted by Crippen LogP contribution is 2.44. The monoisotopic (exact) mass is 269 g/mol. The average Bonchev–Trinajstić information content (AvgIpc) is 2.68. The second kappa shape index (κ2) is 4.99. The van der Waals surface area contributed by atoms with E-state index in [2.05, 4.69) is 37.7 Å². The molecule has 2 atom stereocenters. The summed E-state index contributed by atoms with van der Waals surface area (Å²) in [4.78, 5) is 0. The van der Waals surface area contributed by atoms with Gasteiger partial charge in [-0.3, -0.25) is 0 Å². The van der Waals surface area contributed by atoms with Crippen molar-refractivity contribution in [2.45, 2.75) is 40.2 Å². The Bertz CT molecular complexity index is 454. The molecule has 2 rings (SSSR count). The number of fused-ring (bicyclic) bond motifs is 1. The van der Waals surface area contributed by atoms with E-state index in [1.807, 2.05) is 6.07 Å². The second-order valence-electron chi connectivity index (χ2n) is 6.27. The number of ether oxygens (including phenoxy) is 1. The van der Waals surface area contributed by atoms with Gasteiger partial charge in [0.15, 0.2) is 0 Å². The summed E-state index contributed by atoms with van der Waals surface area (Å²) in [5.41, 5.74) is 2.29. The third-order valence-electron chi connectivity index (χ3n) is 4.13. The van der Waals surface area contributed by atoms with Crippen LogP contribution in [0.25, 0.3) is 0 Å². The quantitative estimate of drug-likeness (QED) is 0.873. The molecule has 19 heavy (non-hydrogen) atoms. The van der Waals surface area contributed by atoms with Gasteiger partial charge in [0.2, 0.25) is 0 Å². The molecule has 0 aliphatic carbocycles. The van der Waals surface area contributed by atoms with Gasteiger partial charge in [-0.05, 0) is 35.1 Å². The first-order chi connectivity index (χ1) is 8.79. The summed E-state index contributed by atoms with van der Waals surface area (Å²) in [6.07, 6.45) is 0. The van der Waals surface area contributed by atoms with E-state index in [4.69, 9.17) is 0 Å². The van der Waals surface area contributed by atoms with Crippen molar-refractivity contribution in [3.63, 3.8) is 0 Å². The van der Waals surface area contributed by atoms with Crippen LogP contribution in [0.3, 0.4) is 0 Å². The molecule has 1 aromatic rings. The van der Waals surface area contributed by atoms with Gasteiger partial charge in [0.05, 0.1) is 0 Å². The normalized spacial score (nSPS) is 20.1. The first kappa shape index (κ1) is 14.1. The van der Waals surface area contributed by atoms with Gasteiger partial charge in [-0.25, -0.2) is 0 Å². The van der Waals surface area contributed by atoms with Crippen molar-refractivity contribution in [1.29, 1.82) is 0 Å². The van der Waals surface area contributed by atoms with E-state index in [1.54, 1.807) is 12.1 Å². The molecule has 0 fully saturated rings. The van der Waals surface area contributed by atoms with Crippen LogP contribution < -0.4 is 10.1 Å². The largest absolute Gasteiger partial charge is 0.435 e. The molecule has 1 heterocycles. The summed E-state index contributed by atoms with van der Waals surface area (Å²) in [6, 6.07) is 5.15. The molecule has 0 radical (unpaired) electrons. The minimum atomic E-state index is -2.77. The number of nitrogens with one attached hydrogen (secondary N) is 1. The van der Waals surface area contributed by atoms with Crippen LogP contribution in [-0.4, -0.2) is 13.2 Å². The van der Waals surface area contributed by atoms with Gasteiger partial charge in [-0.1, -0.05) is 27.7 Å². The van der Waals surface area contributed by atoms with Crippen molar-refractivity contribution in [3.05, 3.63) is 23.8 Å². The predicted octanol–water partition coefficient (Wildman–Crippen LogP) is 4.48. The fraction of sp³-hybridized carbons (Fsp3) is 0.600. The van der Waals surface area contributed by atoms with E-state index < -0.39 is 6.61 Å². The van der Waals surface area contributed by atoms with Gasteiger partial charge in [0.25, 0.3) is 0 Å². The lowest BCUT2D eigenvalue weighted by molar-refractivity contribution is -0.0498. The van der Waals surface area contributed by atoms with Gasteiger partial charge in [0, 0.05) is 18.2 Å². The van der Waals surface area contributed by atoms with E-state index in [0.717, 1.165) is 17.8 Å². The fourth-order valence-corrected chi connectivity index (χ4v) is 2.56. The Balaban J connectivity index is 2.27. The summed E-state index contributed by atoms with van der Waals surface area (Å²) >= 11 is 0. The lowest BCUT2D eigenvalue weighted by atomic mass is 9.72. The average molecular weight is 269 g/mol. The lowest BCUT2D eigenvalue weighted by Crippen LogP contribution is -2.25. The summed E-state index contributed by atoms with van der Waals surface area (Å²) in [6.45, 7) is 6.90. The number of alkyl halides is 2. The highest BCUT2D eigenvalue weighted by Gasteiger charge is 2.34. The van der Waals surface area contributed by atoms with Crippen LogP contribution in [-0.2, 0) is 0 Å². The SMILES string of the molecule is CC(C1CNc2ccc(OC(F)F)cc21)C(C)(C)C. The van der Waals surface area contributed by atoms with Gasteiger partial charge in [-0.2, -0.15) is 8.78 Å². The van der Waals surface area contributed by atoms with Crippen molar-refractivity contribution < 1.29 is 13.5 Å². The highest BCUT2D eigenvalue weighted by molar-refractivity contribution is 5.60. The zero-order valence-corrected chi connectivity index (χ0v) is 11.8. The first-order valence-electron chi connectivity index (χ1n) is 6.61. The Hall–Kier alpha value is -1.32. The van der Waals surface area contributed by atoms with Gasteiger partial charge in [-0.15, -0.1) is 0 Å². The number of anilines is 1. The number of hydrogen-bond donors (Lipinski definition) is 1. The van der Waals surface area contributed by atoms with Crippen LogP contribution in [0.2, 0.25) is 0 Å². The first-order valence-corrected chi connectivity index (χ1v) is 6.61. The third-order valence-corrected chi connectivity index (χ3v) is 4.13. The standard InChI is InChI=1S/C15H21F2NO/c1-9(15(2,3)4)12-8-18-13-6-5-10(7-11(12)13)19-14(16)17/h5-7,9,12,14,18H,8H2,1-4H3. The number of halogens is 2. The maximum atomic E-state index is 12.3. The molecule has 0 saturated heterocycles. The predicted molar refractivity (Wildman–Crippen MR) is 72.9 cm³/mol. The number of benzene rings is 1. The number of hydrogen-bond acceptors (Lipinski definition) is 2. The van der Waals surface area contributed by atoms with Crippen LogP contribution in [0.1, 0.15) is 39.2 Å². The molecule has 1 aliphatic rings. The Morgan fingerprint density at radius 3 is 2.58 bits per heavy atom. The van der Waals surface area contributed by atoms with Crippen molar-refractivity contribution in [2.24, 2.45) is 11.3 Å². The van der Waals surface area contributed by atoms with Crippen LogP contribution in [0.15, 0.2) is 18.2 Å². The molecule has 2 unspecified atom stereocenters. The minimum Gasteiger partial charge on any atom is -0.435 e. The van der Waals surface area contributed by atoms with E-state index in [1.165, 1.54) is 0 Å². The Labute approximate surface area is 113 Å². The third kappa shape index (κ3) is 2.99. The molecule has 1 aliphatic heterocycles. The van der Waals surface area contributed by atoms with Crippen LogP contribution in [0.5, 0.6) is 5.75 Å². The fourth-order valence-electron chi connectivity index (χ4n) is 2.56. The molecule has 4 heteroatoms. The highest BCUT2D eigenvalue weighted by atomic mass is 19.3. The summed E-state index contributed by atoms with van der Waals surface area (Å²) in [5, 5.41) is 3.34. The molecule has 0 saturated carbocycles. The summed E-state index contributed by atoms with van der Waals surface area (Å²) < 4.78 is 29.1. The van der Waals surface area contributed by atoms with Crippen LogP contribution in [0, 0.1) is 11.3 Å². The molecule has 2 nitrogen and oxygen atoms in total. The van der Waals surface area contributed by atoms with Gasteiger partial charge in [0.1, 0.15) is 5.75 Å². The molecular weight excluding hydrogens is 248 g/mol. The molecule has 0 aromatic heterocycles. The van der Waals surface area contributed by atoms with E-state index >= 15 is 0 Å². The van der Waals surface area contributed by atoms with Crippen molar-refractivity contribution in [3.8, 4) is 5.75 Å². The Morgan fingerprint density at radius 1 is 1.32 bits per heavy atom. The molecule has 0 amide bonds. The maximum Gasteiger partial charge on any atom is 0.387 e. The smallest absolute Gasteiger partial charge is 0.387 e. The molecule has 106 valence electrons. The topological polar surface area (TPSA) is 21.3 Å². The van der Waals surface area contributed by atoms with Crippen LogP contribution in [0.4, 0.5) is 14.5 Å². The second-order valence-corrected chi connectivity index (χ2v) is 6.27. The van der Waals surface area contributed by atoms with Crippen molar-refractivity contribution in [2.75, 3.05) is 11.9 Å². The zero-order chi connectivity index (χ0) is 14.2. The lowest BCUT2D eigenvalue weighted by Gasteiger charge is -2.32. The van der Waals surface area contributed by atoms with Crippen LogP contribution >= 0.6 is 0 Å². The molecular formula is C15H21F2NO. The molecule has 1 N–H and O–H groups in total. The van der Waals surface area contributed by atoms with E-state index in [0.29, 0.717) is 11.8 Å². The van der Waals surface area contributed by atoms with E-state index in [9.17, 15) is 8.78 Å². The zero-order valence-electron chi connectivity index (χ0n) is 11.8. The minimum absolute atomic E-state index is 0.174. The van der Waals surface area contributed by atoms with Gasteiger partial charge >= 0.3 is 6.61 Å². The molecule has 0 spiro atoms. The Morgan fingerprint density at radius 2 is 2.00 bits per heavy atom. The molecule has 0 bridgehead atoms. The summed E-state index contributed by atoms with van der Waals surface area (Å²) in [7, 11) is 0. The Kier molecular flexibility index (Phi) is 3.70. The van der Waals surface area contributed by atoms with Gasteiger partial charge < -0.3 is 10.1 Å². The molecule has 1 aromatic carbocycles. The van der Waals surface area contributed by atoms with Crippen molar-refractivity contribution in [1.82, 2.24) is 0 Å².